The Kier molecular flexibility index (Phi) is 26.3. The highest BCUT2D eigenvalue weighted by atomic mass is 16.6. The van der Waals surface area contributed by atoms with Crippen molar-refractivity contribution in [2.24, 2.45) is 0 Å². The molecule has 0 aliphatic heterocycles. The zero-order valence-electron chi connectivity index (χ0n) is 22.8. The van der Waals surface area contributed by atoms with Gasteiger partial charge in [0.1, 0.15) is 13.2 Å². The van der Waals surface area contributed by atoms with E-state index in [1.807, 2.05) is 0 Å². The summed E-state index contributed by atoms with van der Waals surface area (Å²) >= 11 is 0. The smallest absolute Gasteiger partial charge is 0.372 e. The molecule has 12 heteroatoms. The van der Waals surface area contributed by atoms with E-state index in [1.54, 1.807) is 0 Å². The van der Waals surface area contributed by atoms with Crippen molar-refractivity contribution in [1.29, 1.82) is 0 Å². The van der Waals surface area contributed by atoms with Crippen molar-refractivity contribution in [1.82, 2.24) is 0 Å². The first-order chi connectivity index (χ1) is 18.5. The van der Waals surface area contributed by atoms with Gasteiger partial charge in [-0.15, -0.1) is 0 Å². The van der Waals surface area contributed by atoms with E-state index < -0.39 is 17.7 Å². The molecule has 0 rings (SSSR count). The predicted molar refractivity (Wildman–Crippen MR) is 136 cm³/mol. The lowest BCUT2D eigenvalue weighted by molar-refractivity contribution is -0.151. The van der Waals surface area contributed by atoms with Crippen molar-refractivity contribution < 1.29 is 57.4 Å². The molecule has 0 radical (unpaired) electrons. The molecule has 0 spiro atoms. The lowest BCUT2D eigenvalue weighted by Gasteiger charge is -2.08. The normalized spacial score (nSPS) is 10.9. The number of ketones is 1. The van der Waals surface area contributed by atoms with Gasteiger partial charge in [-0.3, -0.25) is 14.4 Å². The number of ether oxygens (including phenoxy) is 7. The van der Waals surface area contributed by atoms with Crippen molar-refractivity contribution >= 4 is 23.7 Å². The van der Waals surface area contributed by atoms with Gasteiger partial charge in [0.05, 0.1) is 72.5 Å². The van der Waals surface area contributed by atoms with Crippen LogP contribution in [0.15, 0.2) is 0 Å². The predicted octanol–water partition coefficient (Wildman–Crippen LogP) is 2.34. The van der Waals surface area contributed by atoms with Crippen molar-refractivity contribution in [3.05, 3.63) is 0 Å². The monoisotopic (exact) mass is 550 g/mol. The van der Waals surface area contributed by atoms with Crippen LogP contribution in [0.5, 0.6) is 0 Å². The van der Waals surface area contributed by atoms with E-state index in [0.29, 0.717) is 65.9 Å². The van der Waals surface area contributed by atoms with E-state index in [-0.39, 0.29) is 38.6 Å². The third-order valence-electron chi connectivity index (χ3n) is 5.00. The molecule has 0 aromatic carbocycles. The van der Waals surface area contributed by atoms with E-state index >= 15 is 0 Å². The highest BCUT2D eigenvalue weighted by Crippen LogP contribution is 2.07. The molecule has 12 nitrogen and oxygen atoms in total. The number of unbranched alkanes of at least 4 members (excludes halogenated alkanes) is 5. The van der Waals surface area contributed by atoms with Gasteiger partial charge in [0.15, 0.2) is 0 Å². The standard InChI is InChI=1S/C26H46O12/c1-2-3-4-5-6-7-8-24(28)37-21-19-35-17-15-33-13-11-32-12-14-34-16-18-36-20-22-38-25(29)10-9-23(27)26(30)31/h2-22H2,1H3,(H,30,31). The molecule has 0 aromatic heterocycles. The molecule has 38 heavy (non-hydrogen) atoms. The minimum Gasteiger partial charge on any atom is -0.476 e. The van der Waals surface area contributed by atoms with Crippen molar-refractivity contribution in [2.45, 2.75) is 64.7 Å². The van der Waals surface area contributed by atoms with Crippen molar-refractivity contribution in [3.8, 4) is 0 Å². The second kappa shape index (κ2) is 27.9. The summed E-state index contributed by atoms with van der Waals surface area (Å²) in [6.45, 7) is 6.17. The molecule has 0 bridgehead atoms. The number of rotatable bonds is 29. The van der Waals surface area contributed by atoms with Gasteiger partial charge in [-0.2, -0.15) is 0 Å². The fraction of sp³-hybridized carbons (Fsp3) is 0.846. The molecule has 0 aliphatic carbocycles. The van der Waals surface area contributed by atoms with Crippen LogP contribution in [0.4, 0.5) is 0 Å². The van der Waals surface area contributed by atoms with Crippen LogP contribution in [-0.2, 0) is 52.3 Å². The van der Waals surface area contributed by atoms with Crippen LogP contribution in [0.3, 0.4) is 0 Å². The molecule has 0 aromatic rings. The van der Waals surface area contributed by atoms with Gasteiger partial charge in [0.2, 0.25) is 5.78 Å². The molecule has 0 fully saturated rings. The van der Waals surface area contributed by atoms with Crippen LogP contribution in [0.1, 0.15) is 64.7 Å². The minimum atomic E-state index is -1.56. The van der Waals surface area contributed by atoms with Gasteiger partial charge in [0.25, 0.3) is 0 Å². The zero-order chi connectivity index (χ0) is 28.1. The SMILES string of the molecule is CCCCCCCCC(=O)OCCOCCOCCOCCOCCOCCOC(=O)CCC(=O)C(=O)O. The number of esters is 2. The Morgan fingerprint density at radius 2 is 0.842 bits per heavy atom. The second-order valence-corrected chi connectivity index (χ2v) is 8.25. The van der Waals surface area contributed by atoms with Crippen LogP contribution in [0, 0.1) is 0 Å². The molecule has 0 amide bonds. The van der Waals surface area contributed by atoms with Gasteiger partial charge in [0, 0.05) is 12.8 Å². The molecule has 0 heterocycles. The maximum Gasteiger partial charge on any atom is 0.372 e. The first-order valence-electron chi connectivity index (χ1n) is 13.4. The maximum atomic E-state index is 11.6. The van der Waals surface area contributed by atoms with Crippen LogP contribution in [-0.4, -0.2) is 108 Å². The highest BCUT2D eigenvalue weighted by Gasteiger charge is 2.14. The topological polar surface area (TPSA) is 153 Å². The second-order valence-electron chi connectivity index (χ2n) is 8.25. The van der Waals surface area contributed by atoms with E-state index in [4.69, 9.17) is 38.3 Å². The largest absolute Gasteiger partial charge is 0.476 e. The fourth-order valence-electron chi connectivity index (χ4n) is 2.93. The van der Waals surface area contributed by atoms with E-state index in [2.05, 4.69) is 6.92 Å². The molecule has 0 saturated heterocycles. The van der Waals surface area contributed by atoms with Crippen molar-refractivity contribution in [3.63, 3.8) is 0 Å². The lowest BCUT2D eigenvalue weighted by Crippen LogP contribution is -2.17. The third kappa shape index (κ3) is 26.9. The van der Waals surface area contributed by atoms with E-state index in [1.165, 1.54) is 25.7 Å². The molecule has 0 saturated carbocycles. The molecule has 0 aliphatic rings. The number of carboxylic acid groups (broad SMARTS) is 1. The summed E-state index contributed by atoms with van der Waals surface area (Å²) in [5.74, 6) is -3.40. The Bertz CT molecular complexity index is 611. The third-order valence-corrected chi connectivity index (χ3v) is 5.00. The first kappa shape index (κ1) is 35.9. The number of hydrogen-bond acceptors (Lipinski definition) is 11. The van der Waals surface area contributed by atoms with E-state index in [9.17, 15) is 19.2 Å². The summed E-state index contributed by atoms with van der Waals surface area (Å²) in [7, 11) is 0. The molecule has 222 valence electrons. The summed E-state index contributed by atoms with van der Waals surface area (Å²) in [6.07, 6.45) is 6.65. The summed E-state index contributed by atoms with van der Waals surface area (Å²) in [6, 6.07) is 0. The number of aliphatic carboxylic acids is 1. The number of carbonyl (C=O) groups is 4. The van der Waals surface area contributed by atoms with E-state index in [0.717, 1.165) is 12.8 Å². The summed E-state index contributed by atoms with van der Waals surface area (Å²) < 4.78 is 36.7. The van der Waals surface area contributed by atoms with Gasteiger partial charge >= 0.3 is 17.9 Å². The van der Waals surface area contributed by atoms with Crippen LogP contribution in [0.2, 0.25) is 0 Å². The zero-order valence-corrected chi connectivity index (χ0v) is 22.8. The lowest BCUT2D eigenvalue weighted by atomic mass is 10.1. The number of carbonyl (C=O) groups excluding carboxylic acids is 3. The molecular weight excluding hydrogens is 504 g/mol. The number of carboxylic acids is 1. The average Bonchev–Trinajstić information content (AvgIpc) is 2.90. The Labute approximate surface area is 225 Å². The summed E-state index contributed by atoms with van der Waals surface area (Å²) in [5, 5.41) is 8.42. The number of hydrogen-bond donors (Lipinski definition) is 1. The van der Waals surface area contributed by atoms with Crippen LogP contribution >= 0.6 is 0 Å². The minimum absolute atomic E-state index is 0.0149. The highest BCUT2D eigenvalue weighted by molar-refractivity contribution is 6.32. The Hall–Kier alpha value is -2.12. The molecular formula is C26H46O12. The summed E-state index contributed by atoms with van der Waals surface area (Å²) in [5.41, 5.74) is 0. The first-order valence-corrected chi connectivity index (χ1v) is 13.4. The van der Waals surface area contributed by atoms with Gasteiger partial charge < -0.3 is 38.3 Å². The average molecular weight is 551 g/mol. The quantitative estimate of drug-likeness (QED) is 0.0826. The number of Topliss-reactive ketones (excluding diaryl/α,β-unsaturated/α-hetero) is 1. The van der Waals surface area contributed by atoms with Crippen LogP contribution < -0.4 is 0 Å². The molecule has 0 unspecified atom stereocenters. The Morgan fingerprint density at radius 1 is 0.474 bits per heavy atom. The fourth-order valence-corrected chi connectivity index (χ4v) is 2.93. The Morgan fingerprint density at radius 3 is 1.26 bits per heavy atom. The molecule has 0 atom stereocenters. The van der Waals surface area contributed by atoms with Gasteiger partial charge in [-0.05, 0) is 6.42 Å². The van der Waals surface area contributed by atoms with Crippen LogP contribution in [0.25, 0.3) is 0 Å². The maximum absolute atomic E-state index is 11.6. The van der Waals surface area contributed by atoms with Gasteiger partial charge in [-0.25, -0.2) is 4.79 Å². The molecule has 1 N–H and O–H groups in total. The summed E-state index contributed by atoms with van der Waals surface area (Å²) in [4.78, 5) is 44.1. The Balaban J connectivity index is 3.21. The van der Waals surface area contributed by atoms with Crippen molar-refractivity contribution in [2.75, 3.05) is 79.3 Å². The van der Waals surface area contributed by atoms with Gasteiger partial charge in [-0.1, -0.05) is 39.0 Å².